The van der Waals surface area contributed by atoms with Crippen molar-refractivity contribution in [1.29, 1.82) is 5.26 Å². The molecule has 0 fully saturated rings. The van der Waals surface area contributed by atoms with Gasteiger partial charge in [0.05, 0.1) is 11.3 Å². The van der Waals surface area contributed by atoms with E-state index in [4.69, 9.17) is 4.98 Å². The van der Waals surface area contributed by atoms with Gasteiger partial charge < -0.3 is 5.32 Å². The van der Waals surface area contributed by atoms with Crippen molar-refractivity contribution in [1.82, 2.24) is 9.97 Å². The van der Waals surface area contributed by atoms with Crippen LogP contribution in [0.4, 0.5) is 5.13 Å². The monoisotopic (exact) mass is 386 g/mol. The first kappa shape index (κ1) is 18.9. The number of aromatic nitrogens is 2. The number of hydrogen-bond acceptors (Lipinski definition) is 6. The van der Waals surface area contributed by atoms with E-state index in [2.05, 4.69) is 16.4 Å². The van der Waals surface area contributed by atoms with Crippen molar-refractivity contribution in [2.24, 2.45) is 0 Å². The second-order valence-corrected chi connectivity index (χ2v) is 8.36. The number of pyridine rings is 1. The van der Waals surface area contributed by atoms with E-state index < -0.39 is 0 Å². The summed E-state index contributed by atoms with van der Waals surface area (Å²) in [5.41, 5.74) is 3.89. The molecule has 0 radical (unpaired) electrons. The second kappa shape index (κ2) is 9.15. The highest BCUT2D eigenvalue weighted by Crippen LogP contribution is 2.27. The maximum atomic E-state index is 12.0. The summed E-state index contributed by atoms with van der Waals surface area (Å²) in [6.45, 7) is 1.90. The van der Waals surface area contributed by atoms with Gasteiger partial charge in [0.25, 0.3) is 0 Å². The molecular formula is C19H22N4OS2. The third-order valence-corrected chi connectivity index (χ3v) is 6.19. The molecule has 3 rings (SSSR count). The molecule has 0 spiro atoms. The minimum Gasteiger partial charge on any atom is -0.302 e. The normalized spacial score (nSPS) is 14.0. The number of hydrogen-bond donors (Lipinski definition) is 1. The number of aryl methyl sites for hydroxylation is 3. The number of rotatable bonds is 5. The molecular weight excluding hydrogens is 364 g/mol. The number of thioether (sulfide) groups is 1. The molecule has 0 aliphatic heterocycles. The second-order valence-electron chi connectivity index (χ2n) is 6.41. The Kier molecular flexibility index (Phi) is 6.64. The fourth-order valence-corrected chi connectivity index (χ4v) is 4.61. The summed E-state index contributed by atoms with van der Waals surface area (Å²) in [7, 11) is 0. The molecule has 1 amide bonds. The summed E-state index contributed by atoms with van der Waals surface area (Å²) in [5, 5.41) is 15.6. The van der Waals surface area contributed by atoms with E-state index in [1.165, 1.54) is 47.9 Å². The number of nitriles is 1. The predicted octanol–water partition coefficient (Wildman–Crippen LogP) is 4.50. The minimum absolute atomic E-state index is 0.0587. The van der Waals surface area contributed by atoms with Gasteiger partial charge in [-0.3, -0.25) is 4.79 Å². The van der Waals surface area contributed by atoms with E-state index in [0.29, 0.717) is 22.9 Å². The first-order chi connectivity index (χ1) is 12.7. The van der Waals surface area contributed by atoms with Gasteiger partial charge in [-0.2, -0.15) is 5.26 Å². The highest BCUT2D eigenvalue weighted by molar-refractivity contribution is 7.99. The van der Waals surface area contributed by atoms with Crippen molar-refractivity contribution in [2.75, 3.05) is 11.1 Å². The van der Waals surface area contributed by atoms with E-state index >= 15 is 0 Å². The SMILES string of the molecule is Cc1csc(NC(=O)CCSc2nc3c(cc2C#N)CCCCCC3)n1. The zero-order valence-electron chi connectivity index (χ0n) is 14.9. The molecule has 2 aromatic heterocycles. The van der Waals surface area contributed by atoms with E-state index in [9.17, 15) is 10.1 Å². The largest absolute Gasteiger partial charge is 0.302 e. The van der Waals surface area contributed by atoms with Crippen LogP contribution >= 0.6 is 23.1 Å². The van der Waals surface area contributed by atoms with Gasteiger partial charge in [0.2, 0.25) is 5.91 Å². The quantitative estimate of drug-likeness (QED) is 0.766. The number of carbonyl (C=O) groups is 1. The summed E-state index contributed by atoms with van der Waals surface area (Å²) < 4.78 is 0. The van der Waals surface area contributed by atoms with Gasteiger partial charge in [0.1, 0.15) is 11.1 Å². The Morgan fingerprint density at radius 2 is 2.12 bits per heavy atom. The molecule has 1 aliphatic carbocycles. The average molecular weight is 387 g/mol. The van der Waals surface area contributed by atoms with Crippen molar-refractivity contribution in [3.8, 4) is 6.07 Å². The maximum Gasteiger partial charge on any atom is 0.226 e. The summed E-state index contributed by atoms with van der Waals surface area (Å²) in [6.07, 6.45) is 7.20. The standard InChI is InChI=1S/C19H22N4OS2/c1-13-12-26-19(21-13)23-17(24)8-9-25-18-15(11-20)10-14-6-4-2-3-5-7-16(14)22-18/h10,12H,2-9H2,1H3,(H,21,23,24). The fourth-order valence-electron chi connectivity index (χ4n) is 2.99. The zero-order chi connectivity index (χ0) is 18.4. The summed E-state index contributed by atoms with van der Waals surface area (Å²) in [4.78, 5) is 21.0. The lowest BCUT2D eigenvalue weighted by Gasteiger charge is -2.15. The molecule has 0 saturated carbocycles. The van der Waals surface area contributed by atoms with Gasteiger partial charge in [-0.1, -0.05) is 12.8 Å². The van der Waals surface area contributed by atoms with Gasteiger partial charge >= 0.3 is 0 Å². The summed E-state index contributed by atoms with van der Waals surface area (Å²) in [5.74, 6) is 0.535. The van der Waals surface area contributed by atoms with E-state index in [0.717, 1.165) is 35.7 Å². The van der Waals surface area contributed by atoms with Crippen LogP contribution < -0.4 is 5.32 Å². The fraction of sp³-hybridized carbons (Fsp3) is 0.474. The van der Waals surface area contributed by atoms with Crippen LogP contribution in [0.5, 0.6) is 0 Å². The maximum absolute atomic E-state index is 12.0. The molecule has 26 heavy (non-hydrogen) atoms. The Bertz CT molecular complexity index is 825. The minimum atomic E-state index is -0.0587. The molecule has 2 aromatic rings. The van der Waals surface area contributed by atoms with Gasteiger partial charge in [0.15, 0.2) is 5.13 Å². The van der Waals surface area contributed by atoms with Crippen LogP contribution in [0.15, 0.2) is 16.5 Å². The molecule has 1 aliphatic rings. The van der Waals surface area contributed by atoms with Crippen molar-refractivity contribution in [3.63, 3.8) is 0 Å². The lowest BCUT2D eigenvalue weighted by atomic mass is 9.96. The zero-order valence-corrected chi connectivity index (χ0v) is 16.5. The van der Waals surface area contributed by atoms with E-state index in [1.807, 2.05) is 18.4 Å². The Morgan fingerprint density at radius 3 is 2.85 bits per heavy atom. The molecule has 0 atom stereocenters. The molecule has 0 unspecified atom stereocenters. The first-order valence-electron chi connectivity index (χ1n) is 8.93. The highest BCUT2D eigenvalue weighted by atomic mass is 32.2. The number of anilines is 1. The Morgan fingerprint density at radius 1 is 1.31 bits per heavy atom. The molecule has 1 N–H and O–H groups in total. The molecule has 136 valence electrons. The third-order valence-electron chi connectivity index (χ3n) is 4.32. The molecule has 0 saturated heterocycles. The van der Waals surface area contributed by atoms with Crippen LogP contribution in [0.2, 0.25) is 0 Å². The lowest BCUT2D eigenvalue weighted by molar-refractivity contribution is -0.115. The van der Waals surface area contributed by atoms with Gasteiger partial charge in [-0.15, -0.1) is 23.1 Å². The summed E-state index contributed by atoms with van der Waals surface area (Å²) in [6, 6.07) is 4.28. The number of amides is 1. The van der Waals surface area contributed by atoms with Crippen LogP contribution in [-0.4, -0.2) is 21.6 Å². The number of nitrogens with zero attached hydrogens (tertiary/aromatic N) is 3. The van der Waals surface area contributed by atoms with Crippen molar-refractivity contribution in [2.45, 2.75) is 56.9 Å². The third kappa shape index (κ3) is 5.05. The number of carbonyl (C=O) groups excluding carboxylic acids is 1. The number of nitrogens with one attached hydrogen (secondary N) is 1. The smallest absolute Gasteiger partial charge is 0.226 e. The Balaban J connectivity index is 1.60. The first-order valence-corrected chi connectivity index (χ1v) is 10.8. The van der Waals surface area contributed by atoms with Crippen LogP contribution in [-0.2, 0) is 17.6 Å². The van der Waals surface area contributed by atoms with Crippen LogP contribution in [0.25, 0.3) is 0 Å². The number of thiazole rings is 1. The van der Waals surface area contributed by atoms with Gasteiger partial charge in [-0.05, 0) is 44.2 Å². The molecule has 2 heterocycles. The Labute approximate surface area is 162 Å². The van der Waals surface area contributed by atoms with Crippen molar-refractivity contribution in [3.05, 3.63) is 34.0 Å². The highest BCUT2D eigenvalue weighted by Gasteiger charge is 2.14. The van der Waals surface area contributed by atoms with E-state index in [-0.39, 0.29) is 5.91 Å². The number of fused-ring (bicyclic) bond motifs is 1. The van der Waals surface area contributed by atoms with Gasteiger partial charge in [-0.25, -0.2) is 9.97 Å². The summed E-state index contributed by atoms with van der Waals surface area (Å²) >= 11 is 2.92. The van der Waals surface area contributed by atoms with Crippen molar-refractivity contribution >= 4 is 34.1 Å². The van der Waals surface area contributed by atoms with Gasteiger partial charge in [0, 0.05) is 23.2 Å². The molecule has 0 bridgehead atoms. The predicted molar refractivity (Wildman–Crippen MR) is 106 cm³/mol. The Hall–Kier alpha value is -1.91. The van der Waals surface area contributed by atoms with E-state index in [1.54, 1.807) is 0 Å². The van der Waals surface area contributed by atoms with Crippen LogP contribution in [0, 0.1) is 18.3 Å². The average Bonchev–Trinajstić information content (AvgIpc) is 3.00. The molecule has 7 heteroatoms. The van der Waals surface area contributed by atoms with Crippen LogP contribution in [0.3, 0.4) is 0 Å². The molecule has 5 nitrogen and oxygen atoms in total. The topological polar surface area (TPSA) is 78.7 Å². The lowest BCUT2D eigenvalue weighted by Crippen LogP contribution is -2.12. The molecule has 0 aromatic carbocycles. The van der Waals surface area contributed by atoms with Crippen molar-refractivity contribution < 1.29 is 4.79 Å². The van der Waals surface area contributed by atoms with Crippen LogP contribution in [0.1, 0.15) is 54.6 Å².